The molecular weight excluding hydrogens is 304 g/mol. The van der Waals surface area contributed by atoms with Crippen molar-refractivity contribution >= 4 is 17.7 Å². The van der Waals surface area contributed by atoms with E-state index >= 15 is 0 Å². The largest absolute Gasteiger partial charge is 0.465 e. The summed E-state index contributed by atoms with van der Waals surface area (Å²) in [5.41, 5.74) is 4.42. The number of esters is 1. The van der Waals surface area contributed by atoms with Crippen LogP contribution in [0.15, 0.2) is 42.5 Å². The van der Waals surface area contributed by atoms with Gasteiger partial charge in [-0.3, -0.25) is 0 Å². The number of ether oxygens (including phenoxy) is 1. The van der Waals surface area contributed by atoms with E-state index in [1.807, 2.05) is 26.8 Å². The molecule has 0 saturated carbocycles. The molecule has 0 aliphatic carbocycles. The third-order valence-electron chi connectivity index (χ3n) is 3.81. The number of carbonyl (C=O) groups is 2. The van der Waals surface area contributed by atoms with Gasteiger partial charge in [-0.05, 0) is 56.2 Å². The Hall–Kier alpha value is -2.82. The fraction of sp³-hybridized carbons (Fsp3) is 0.263. The van der Waals surface area contributed by atoms with Crippen molar-refractivity contribution in [2.45, 2.75) is 26.8 Å². The van der Waals surface area contributed by atoms with Crippen molar-refractivity contribution in [2.24, 2.45) is 0 Å². The lowest BCUT2D eigenvalue weighted by Gasteiger charge is -2.18. The Kier molecular flexibility index (Phi) is 5.58. The molecular formula is C19H22N2O3. The number of carbonyl (C=O) groups excluding carboxylic acids is 2. The van der Waals surface area contributed by atoms with Gasteiger partial charge in [0.15, 0.2) is 0 Å². The van der Waals surface area contributed by atoms with Crippen LogP contribution in [0.4, 0.5) is 10.5 Å². The molecule has 0 fully saturated rings. The molecule has 1 unspecified atom stereocenters. The van der Waals surface area contributed by atoms with Crippen LogP contribution in [0, 0.1) is 13.8 Å². The van der Waals surface area contributed by atoms with Crippen LogP contribution in [0.2, 0.25) is 0 Å². The van der Waals surface area contributed by atoms with Crippen molar-refractivity contribution in [3.63, 3.8) is 0 Å². The van der Waals surface area contributed by atoms with E-state index in [1.54, 1.807) is 24.3 Å². The molecule has 2 rings (SSSR count). The molecule has 0 spiro atoms. The Bertz CT molecular complexity index is 739. The van der Waals surface area contributed by atoms with Gasteiger partial charge < -0.3 is 15.4 Å². The highest BCUT2D eigenvalue weighted by Gasteiger charge is 2.12. The second-order valence-electron chi connectivity index (χ2n) is 5.75. The van der Waals surface area contributed by atoms with E-state index in [0.717, 1.165) is 16.7 Å². The minimum Gasteiger partial charge on any atom is -0.465 e. The quantitative estimate of drug-likeness (QED) is 0.835. The molecule has 0 aliphatic rings. The molecule has 0 radical (unpaired) electrons. The van der Waals surface area contributed by atoms with E-state index in [4.69, 9.17) is 0 Å². The Balaban J connectivity index is 2.00. The molecule has 24 heavy (non-hydrogen) atoms. The van der Waals surface area contributed by atoms with E-state index < -0.39 is 5.97 Å². The van der Waals surface area contributed by atoms with E-state index in [1.165, 1.54) is 7.11 Å². The van der Waals surface area contributed by atoms with Crippen LogP contribution in [-0.2, 0) is 4.74 Å². The van der Waals surface area contributed by atoms with Crippen molar-refractivity contribution in [1.29, 1.82) is 0 Å². The van der Waals surface area contributed by atoms with Gasteiger partial charge in [0.1, 0.15) is 0 Å². The summed E-state index contributed by atoms with van der Waals surface area (Å²) in [6.07, 6.45) is 0. The number of aryl methyl sites for hydroxylation is 2. The summed E-state index contributed by atoms with van der Waals surface area (Å²) in [5.74, 6) is -0.408. The summed E-state index contributed by atoms with van der Waals surface area (Å²) in [7, 11) is 1.33. The SMILES string of the molecule is COC(=O)c1ccc(NC(=O)NC(C)c2cc(C)ccc2C)cc1. The van der Waals surface area contributed by atoms with Crippen molar-refractivity contribution in [2.75, 3.05) is 12.4 Å². The summed E-state index contributed by atoms with van der Waals surface area (Å²) in [6, 6.07) is 12.3. The molecule has 2 N–H and O–H groups in total. The van der Waals surface area contributed by atoms with Gasteiger partial charge in [-0.2, -0.15) is 0 Å². The topological polar surface area (TPSA) is 67.4 Å². The number of nitrogens with one attached hydrogen (secondary N) is 2. The minimum atomic E-state index is -0.408. The highest BCUT2D eigenvalue weighted by molar-refractivity contribution is 5.92. The van der Waals surface area contributed by atoms with Gasteiger partial charge in [-0.15, -0.1) is 0 Å². The first-order valence-electron chi connectivity index (χ1n) is 7.73. The first-order chi connectivity index (χ1) is 11.4. The standard InChI is InChI=1S/C19H22N2O3/c1-12-5-6-13(2)17(11-12)14(3)20-19(23)21-16-9-7-15(8-10-16)18(22)24-4/h5-11,14H,1-4H3,(H2,20,21,23). The number of rotatable bonds is 4. The molecule has 0 bridgehead atoms. The second kappa shape index (κ2) is 7.64. The van der Waals surface area contributed by atoms with Crippen molar-refractivity contribution in [3.05, 3.63) is 64.7 Å². The number of hydrogen-bond donors (Lipinski definition) is 2. The molecule has 2 aromatic rings. The predicted octanol–water partition coefficient (Wildman–Crippen LogP) is 3.97. The Morgan fingerprint density at radius 2 is 1.71 bits per heavy atom. The zero-order valence-corrected chi connectivity index (χ0v) is 14.3. The average molecular weight is 326 g/mol. The molecule has 0 saturated heterocycles. The maximum absolute atomic E-state index is 12.2. The van der Waals surface area contributed by atoms with Crippen molar-refractivity contribution in [3.8, 4) is 0 Å². The minimum absolute atomic E-state index is 0.112. The number of amides is 2. The normalized spacial score (nSPS) is 11.5. The Morgan fingerprint density at radius 3 is 2.33 bits per heavy atom. The van der Waals surface area contributed by atoms with Gasteiger partial charge in [0.25, 0.3) is 0 Å². The zero-order chi connectivity index (χ0) is 17.7. The number of methoxy groups -OCH3 is 1. The monoisotopic (exact) mass is 326 g/mol. The van der Waals surface area contributed by atoms with Crippen molar-refractivity contribution in [1.82, 2.24) is 5.32 Å². The molecule has 0 aromatic heterocycles. The number of benzene rings is 2. The summed E-state index contributed by atoms with van der Waals surface area (Å²) in [6.45, 7) is 6.00. The molecule has 2 aromatic carbocycles. The maximum atomic E-state index is 12.2. The van der Waals surface area contributed by atoms with Crippen LogP contribution in [0.1, 0.15) is 40.0 Å². The second-order valence-corrected chi connectivity index (χ2v) is 5.75. The highest BCUT2D eigenvalue weighted by atomic mass is 16.5. The average Bonchev–Trinajstić information content (AvgIpc) is 2.56. The Labute approximate surface area is 142 Å². The number of hydrogen-bond acceptors (Lipinski definition) is 3. The lowest BCUT2D eigenvalue weighted by atomic mass is 10.0. The van der Waals surface area contributed by atoms with E-state index in [0.29, 0.717) is 11.3 Å². The molecule has 5 nitrogen and oxygen atoms in total. The van der Waals surface area contributed by atoms with Gasteiger partial charge in [-0.25, -0.2) is 9.59 Å². The summed E-state index contributed by atoms with van der Waals surface area (Å²) < 4.78 is 4.64. The number of anilines is 1. The van der Waals surface area contributed by atoms with Gasteiger partial charge in [0, 0.05) is 5.69 Å². The van der Waals surface area contributed by atoms with Crippen LogP contribution in [0.25, 0.3) is 0 Å². The lowest BCUT2D eigenvalue weighted by molar-refractivity contribution is 0.0601. The third-order valence-corrected chi connectivity index (χ3v) is 3.81. The van der Waals surface area contributed by atoms with Crippen LogP contribution >= 0.6 is 0 Å². The van der Waals surface area contributed by atoms with Gasteiger partial charge >= 0.3 is 12.0 Å². The molecule has 126 valence electrons. The molecule has 1 atom stereocenters. The van der Waals surface area contributed by atoms with Crippen LogP contribution in [-0.4, -0.2) is 19.1 Å². The third kappa shape index (κ3) is 4.35. The van der Waals surface area contributed by atoms with Crippen molar-refractivity contribution < 1.29 is 14.3 Å². The molecule has 0 aliphatic heterocycles. The Morgan fingerprint density at radius 1 is 1.04 bits per heavy atom. The smallest absolute Gasteiger partial charge is 0.337 e. The summed E-state index contributed by atoms with van der Waals surface area (Å²) >= 11 is 0. The first-order valence-corrected chi connectivity index (χ1v) is 7.73. The van der Waals surface area contributed by atoms with Crippen LogP contribution in [0.5, 0.6) is 0 Å². The molecule has 2 amide bonds. The first kappa shape index (κ1) is 17.5. The predicted molar refractivity (Wildman–Crippen MR) is 94.3 cm³/mol. The van der Waals surface area contributed by atoms with E-state index in [2.05, 4.69) is 27.5 Å². The molecule has 0 heterocycles. The van der Waals surface area contributed by atoms with Crippen LogP contribution in [0.3, 0.4) is 0 Å². The molecule has 5 heteroatoms. The van der Waals surface area contributed by atoms with Gasteiger partial charge in [-0.1, -0.05) is 23.8 Å². The van der Waals surface area contributed by atoms with E-state index in [-0.39, 0.29) is 12.1 Å². The zero-order valence-electron chi connectivity index (χ0n) is 14.3. The number of urea groups is 1. The summed E-state index contributed by atoms with van der Waals surface area (Å²) in [5, 5.41) is 5.68. The van der Waals surface area contributed by atoms with E-state index in [9.17, 15) is 9.59 Å². The highest BCUT2D eigenvalue weighted by Crippen LogP contribution is 2.19. The summed E-state index contributed by atoms with van der Waals surface area (Å²) in [4.78, 5) is 23.5. The van der Waals surface area contributed by atoms with Gasteiger partial charge in [0.2, 0.25) is 0 Å². The van der Waals surface area contributed by atoms with Gasteiger partial charge in [0.05, 0.1) is 18.7 Å². The maximum Gasteiger partial charge on any atom is 0.337 e. The fourth-order valence-electron chi connectivity index (χ4n) is 2.48. The lowest BCUT2D eigenvalue weighted by Crippen LogP contribution is -2.31. The van der Waals surface area contributed by atoms with Crippen LogP contribution < -0.4 is 10.6 Å². The fourth-order valence-corrected chi connectivity index (χ4v) is 2.48.